The number of sulfone groups is 1. The Labute approximate surface area is 102 Å². The summed E-state index contributed by atoms with van der Waals surface area (Å²) >= 11 is 2.12. The summed E-state index contributed by atoms with van der Waals surface area (Å²) in [4.78, 5) is 2.11. The van der Waals surface area contributed by atoms with Crippen LogP contribution in [0.4, 0.5) is 0 Å². The predicted octanol–water partition coefficient (Wildman–Crippen LogP) is 1.15. The molecule has 14 heavy (non-hydrogen) atoms. The minimum Gasteiger partial charge on any atom is -0.288 e. The Balaban J connectivity index is 2.50. The fraction of sp³-hybridized carbons (Fsp3) is 0.750. The average molecular weight is 345 g/mol. The molecule has 1 saturated heterocycles. The third-order valence-corrected chi connectivity index (χ3v) is 4.88. The van der Waals surface area contributed by atoms with Gasteiger partial charge in [0.2, 0.25) is 0 Å². The van der Waals surface area contributed by atoms with E-state index in [1.54, 1.807) is 0 Å². The predicted molar refractivity (Wildman–Crippen MR) is 69.1 cm³/mol. The van der Waals surface area contributed by atoms with E-state index in [1.807, 2.05) is 6.92 Å². The number of hydrogen-bond acceptors (Lipinski definition) is 4. The van der Waals surface area contributed by atoms with E-state index in [4.69, 9.17) is 0 Å². The van der Waals surface area contributed by atoms with E-state index in [2.05, 4.69) is 37.3 Å². The van der Waals surface area contributed by atoms with E-state index >= 15 is 0 Å². The normalized spacial score (nSPS) is 26.6. The second-order valence-electron chi connectivity index (χ2n) is 3.29. The lowest BCUT2D eigenvalue weighted by Gasteiger charge is -2.31. The summed E-state index contributed by atoms with van der Waals surface area (Å²) in [5.74, 6) is 3.54. The molecule has 0 aliphatic carbocycles. The third kappa shape index (κ3) is 3.96. The second-order valence-corrected chi connectivity index (χ2v) is 7.20. The molecule has 1 aliphatic rings. The molecule has 1 rings (SSSR count). The molecule has 0 spiro atoms. The molecular formula is C8H12INO2S2. The van der Waals surface area contributed by atoms with Crippen LogP contribution in [0.1, 0.15) is 6.92 Å². The highest BCUT2D eigenvalue weighted by atomic mass is 127. The summed E-state index contributed by atoms with van der Waals surface area (Å²) in [6.45, 7) is 3.23. The zero-order valence-electron chi connectivity index (χ0n) is 7.86. The SMILES string of the molecule is CC1CS(=O)(=O)CCN1CC#CSI. The first-order valence-electron chi connectivity index (χ1n) is 4.25. The Morgan fingerprint density at radius 1 is 1.64 bits per heavy atom. The molecule has 6 heteroatoms. The highest BCUT2D eigenvalue weighted by molar-refractivity contribution is 14.2. The summed E-state index contributed by atoms with van der Waals surface area (Å²) in [7, 11) is -1.34. The van der Waals surface area contributed by atoms with Gasteiger partial charge < -0.3 is 0 Å². The lowest BCUT2D eigenvalue weighted by molar-refractivity contribution is 0.255. The molecule has 0 radical (unpaired) electrons. The van der Waals surface area contributed by atoms with Gasteiger partial charge in [0.1, 0.15) is 0 Å². The minimum atomic E-state index is -2.79. The summed E-state index contributed by atoms with van der Waals surface area (Å²) in [6, 6.07) is 0.0993. The molecule has 0 amide bonds. The van der Waals surface area contributed by atoms with Crippen molar-refractivity contribution in [1.29, 1.82) is 0 Å². The molecule has 1 atom stereocenters. The largest absolute Gasteiger partial charge is 0.288 e. The van der Waals surface area contributed by atoms with Crippen molar-refractivity contribution >= 4 is 40.0 Å². The summed E-state index contributed by atoms with van der Waals surface area (Å²) in [6.07, 6.45) is 0. The second kappa shape index (κ2) is 5.58. The van der Waals surface area contributed by atoms with Crippen molar-refractivity contribution in [2.24, 2.45) is 0 Å². The van der Waals surface area contributed by atoms with Gasteiger partial charge in [-0.05, 0) is 21.1 Å². The van der Waals surface area contributed by atoms with Crippen molar-refractivity contribution in [1.82, 2.24) is 4.90 Å². The van der Waals surface area contributed by atoms with Gasteiger partial charge in [-0.15, -0.1) is 0 Å². The van der Waals surface area contributed by atoms with Gasteiger partial charge in [0.05, 0.1) is 18.1 Å². The van der Waals surface area contributed by atoms with Crippen molar-refractivity contribution in [3.63, 3.8) is 0 Å². The van der Waals surface area contributed by atoms with E-state index in [1.165, 1.54) is 8.93 Å². The standard InChI is InChI=1S/C8H12INO2S2/c1-8-7-14(11,12)6-4-10(8)3-2-5-13-9/h8H,3-4,6-7H2,1H3. The van der Waals surface area contributed by atoms with Gasteiger partial charge in [-0.25, -0.2) is 8.42 Å². The van der Waals surface area contributed by atoms with Crippen LogP contribution in [0.3, 0.4) is 0 Å². The van der Waals surface area contributed by atoms with Crippen LogP contribution in [0.5, 0.6) is 0 Å². The molecule has 1 heterocycles. The maximum atomic E-state index is 11.3. The van der Waals surface area contributed by atoms with E-state index < -0.39 is 9.84 Å². The quantitative estimate of drug-likeness (QED) is 0.528. The van der Waals surface area contributed by atoms with Gasteiger partial charge in [0, 0.05) is 33.8 Å². The topological polar surface area (TPSA) is 37.4 Å². The van der Waals surface area contributed by atoms with Crippen molar-refractivity contribution < 1.29 is 8.42 Å². The molecule has 0 aromatic rings. The van der Waals surface area contributed by atoms with Gasteiger partial charge >= 0.3 is 0 Å². The van der Waals surface area contributed by atoms with Crippen LogP contribution in [0, 0.1) is 11.2 Å². The molecular weight excluding hydrogens is 333 g/mol. The van der Waals surface area contributed by atoms with Crippen molar-refractivity contribution in [3.05, 3.63) is 0 Å². The first kappa shape index (κ1) is 12.6. The van der Waals surface area contributed by atoms with Crippen LogP contribution >= 0.6 is 30.1 Å². The number of hydrogen-bond donors (Lipinski definition) is 0. The van der Waals surface area contributed by atoms with Crippen molar-refractivity contribution in [2.45, 2.75) is 13.0 Å². The van der Waals surface area contributed by atoms with Crippen LogP contribution in [0.2, 0.25) is 0 Å². The average Bonchev–Trinajstić information content (AvgIpc) is 2.08. The molecule has 1 fully saturated rings. The summed E-state index contributed by atoms with van der Waals surface area (Å²) in [5.41, 5.74) is 0. The minimum absolute atomic E-state index is 0.0993. The van der Waals surface area contributed by atoms with Gasteiger partial charge in [0.25, 0.3) is 0 Å². The number of halogens is 1. The van der Waals surface area contributed by atoms with Crippen LogP contribution in [-0.2, 0) is 9.84 Å². The molecule has 0 N–H and O–H groups in total. The molecule has 80 valence electrons. The first-order chi connectivity index (χ1) is 6.55. The smallest absolute Gasteiger partial charge is 0.153 e. The number of nitrogens with zero attached hydrogens (tertiary/aromatic N) is 1. The summed E-state index contributed by atoms with van der Waals surface area (Å²) in [5, 5.41) is 2.90. The highest BCUT2D eigenvalue weighted by Crippen LogP contribution is 2.11. The summed E-state index contributed by atoms with van der Waals surface area (Å²) < 4.78 is 22.5. The lowest BCUT2D eigenvalue weighted by Crippen LogP contribution is -2.46. The van der Waals surface area contributed by atoms with Gasteiger partial charge in [-0.2, -0.15) is 0 Å². The molecule has 1 aliphatic heterocycles. The van der Waals surface area contributed by atoms with Crippen molar-refractivity contribution in [3.8, 4) is 11.2 Å². The Kier molecular flexibility index (Phi) is 5.03. The fourth-order valence-electron chi connectivity index (χ4n) is 1.43. The Hall–Kier alpha value is 0.550. The van der Waals surface area contributed by atoms with Gasteiger partial charge in [-0.1, -0.05) is 5.92 Å². The Morgan fingerprint density at radius 3 is 2.93 bits per heavy atom. The molecule has 0 aromatic heterocycles. The van der Waals surface area contributed by atoms with Crippen LogP contribution in [-0.4, -0.2) is 44.0 Å². The maximum Gasteiger partial charge on any atom is 0.153 e. The zero-order chi connectivity index (χ0) is 10.6. The Morgan fingerprint density at radius 2 is 2.36 bits per heavy atom. The molecule has 0 aromatic carbocycles. The van der Waals surface area contributed by atoms with E-state index in [0.29, 0.717) is 13.1 Å². The van der Waals surface area contributed by atoms with Crippen LogP contribution < -0.4 is 0 Å². The molecule has 1 unspecified atom stereocenters. The van der Waals surface area contributed by atoms with Gasteiger partial charge in [-0.3, -0.25) is 4.90 Å². The Bertz CT molecular complexity index is 344. The van der Waals surface area contributed by atoms with Crippen molar-refractivity contribution in [2.75, 3.05) is 24.6 Å². The highest BCUT2D eigenvalue weighted by Gasteiger charge is 2.27. The first-order valence-corrected chi connectivity index (χ1v) is 9.43. The zero-order valence-corrected chi connectivity index (χ0v) is 11.7. The van der Waals surface area contributed by atoms with Crippen LogP contribution in [0.15, 0.2) is 0 Å². The third-order valence-electron chi connectivity index (χ3n) is 2.20. The number of rotatable bonds is 1. The van der Waals surface area contributed by atoms with E-state index in [9.17, 15) is 8.42 Å². The molecule has 0 saturated carbocycles. The maximum absolute atomic E-state index is 11.3. The fourth-order valence-corrected chi connectivity index (χ4v) is 3.64. The van der Waals surface area contributed by atoms with Gasteiger partial charge in [0.15, 0.2) is 9.84 Å². The monoisotopic (exact) mass is 345 g/mol. The molecule has 0 bridgehead atoms. The van der Waals surface area contributed by atoms with E-state index in [0.717, 1.165) is 0 Å². The van der Waals surface area contributed by atoms with Crippen LogP contribution in [0.25, 0.3) is 0 Å². The molecule has 3 nitrogen and oxygen atoms in total. The van der Waals surface area contributed by atoms with E-state index in [-0.39, 0.29) is 17.5 Å². The lowest BCUT2D eigenvalue weighted by atomic mass is 10.3.